The van der Waals surface area contributed by atoms with Gasteiger partial charge in [-0.25, -0.2) is 4.79 Å². The van der Waals surface area contributed by atoms with Gasteiger partial charge in [-0.3, -0.25) is 9.69 Å². The van der Waals surface area contributed by atoms with Crippen LogP contribution in [0.15, 0.2) is 0 Å². The Balaban J connectivity index is 2.30. The standard InChI is InChI=1S/C15H29N3O4/c1-12(11-21-5)16-13(19)10-17-6-8-18(9-7-17)14(20)22-15(2,3)4/h12H,6-11H2,1-5H3,(H,16,19). The Kier molecular flexibility index (Phi) is 7.09. The Morgan fingerprint density at radius 3 is 2.27 bits per heavy atom. The molecule has 1 N–H and O–H groups in total. The number of ether oxygens (including phenoxy) is 2. The second kappa shape index (κ2) is 8.33. The molecule has 1 saturated heterocycles. The highest BCUT2D eigenvalue weighted by molar-refractivity contribution is 5.78. The van der Waals surface area contributed by atoms with E-state index in [1.165, 1.54) is 0 Å². The first-order valence-corrected chi connectivity index (χ1v) is 7.70. The number of carbonyl (C=O) groups is 2. The van der Waals surface area contributed by atoms with Crippen molar-refractivity contribution in [3.8, 4) is 0 Å². The van der Waals surface area contributed by atoms with Gasteiger partial charge in [0.15, 0.2) is 0 Å². The minimum absolute atomic E-state index is 0.000511. The fourth-order valence-electron chi connectivity index (χ4n) is 2.23. The van der Waals surface area contributed by atoms with Gasteiger partial charge in [0.05, 0.1) is 13.2 Å². The highest BCUT2D eigenvalue weighted by Crippen LogP contribution is 2.11. The number of hydrogen-bond donors (Lipinski definition) is 1. The summed E-state index contributed by atoms with van der Waals surface area (Å²) in [6.45, 7) is 10.8. The largest absolute Gasteiger partial charge is 0.444 e. The molecule has 1 atom stereocenters. The van der Waals surface area contributed by atoms with Crippen molar-refractivity contribution in [2.75, 3.05) is 46.4 Å². The zero-order valence-corrected chi connectivity index (χ0v) is 14.3. The second-order valence-electron chi connectivity index (χ2n) is 6.67. The van der Waals surface area contributed by atoms with E-state index in [1.807, 2.05) is 32.6 Å². The summed E-state index contributed by atoms with van der Waals surface area (Å²) in [5.74, 6) is -0.0183. The molecule has 1 rings (SSSR count). The van der Waals surface area contributed by atoms with Crippen LogP contribution in [0.1, 0.15) is 27.7 Å². The molecule has 1 fully saturated rings. The van der Waals surface area contributed by atoms with E-state index in [2.05, 4.69) is 5.32 Å². The van der Waals surface area contributed by atoms with Crippen molar-refractivity contribution >= 4 is 12.0 Å². The summed E-state index contributed by atoms with van der Waals surface area (Å²) in [7, 11) is 1.61. The third-order valence-corrected chi connectivity index (χ3v) is 3.22. The zero-order valence-electron chi connectivity index (χ0n) is 14.3. The molecule has 1 aliphatic rings. The van der Waals surface area contributed by atoms with Gasteiger partial charge in [0.2, 0.25) is 5.91 Å². The molecule has 22 heavy (non-hydrogen) atoms. The van der Waals surface area contributed by atoms with Crippen LogP contribution in [0.5, 0.6) is 0 Å². The van der Waals surface area contributed by atoms with E-state index in [4.69, 9.17) is 9.47 Å². The van der Waals surface area contributed by atoms with Crippen molar-refractivity contribution in [2.24, 2.45) is 0 Å². The van der Waals surface area contributed by atoms with Crippen LogP contribution < -0.4 is 5.32 Å². The minimum atomic E-state index is -0.481. The van der Waals surface area contributed by atoms with Gasteiger partial charge in [-0.1, -0.05) is 0 Å². The third kappa shape index (κ3) is 7.09. The molecule has 128 valence electrons. The van der Waals surface area contributed by atoms with Crippen molar-refractivity contribution in [3.63, 3.8) is 0 Å². The van der Waals surface area contributed by atoms with Gasteiger partial charge >= 0.3 is 6.09 Å². The fourth-order valence-corrected chi connectivity index (χ4v) is 2.23. The number of piperazine rings is 1. The summed E-state index contributed by atoms with van der Waals surface area (Å²) in [6, 6.07) is 0.000511. The average molecular weight is 315 g/mol. The molecule has 1 aliphatic heterocycles. The SMILES string of the molecule is COCC(C)NC(=O)CN1CCN(C(=O)OC(C)(C)C)CC1. The number of amides is 2. The molecule has 0 radical (unpaired) electrons. The lowest BCUT2D eigenvalue weighted by Gasteiger charge is -2.35. The Labute approximate surface area is 132 Å². The Bertz CT molecular complexity index is 373. The number of methoxy groups -OCH3 is 1. The highest BCUT2D eigenvalue weighted by Gasteiger charge is 2.26. The van der Waals surface area contributed by atoms with Crippen LogP contribution in [-0.2, 0) is 14.3 Å². The van der Waals surface area contributed by atoms with Gasteiger partial charge < -0.3 is 19.7 Å². The fraction of sp³-hybridized carbons (Fsp3) is 0.867. The highest BCUT2D eigenvalue weighted by atomic mass is 16.6. The molecular formula is C15H29N3O4. The van der Waals surface area contributed by atoms with Crippen LogP contribution in [0.4, 0.5) is 4.79 Å². The maximum Gasteiger partial charge on any atom is 0.410 e. The zero-order chi connectivity index (χ0) is 16.8. The lowest BCUT2D eigenvalue weighted by atomic mass is 10.2. The smallest absolute Gasteiger partial charge is 0.410 e. The molecular weight excluding hydrogens is 286 g/mol. The van der Waals surface area contributed by atoms with E-state index in [-0.39, 0.29) is 18.0 Å². The van der Waals surface area contributed by atoms with Gasteiger partial charge in [-0.15, -0.1) is 0 Å². The number of hydrogen-bond acceptors (Lipinski definition) is 5. The van der Waals surface area contributed by atoms with Crippen molar-refractivity contribution in [1.29, 1.82) is 0 Å². The molecule has 0 aromatic carbocycles. The van der Waals surface area contributed by atoms with Gasteiger partial charge in [-0.2, -0.15) is 0 Å². The van der Waals surface area contributed by atoms with E-state index >= 15 is 0 Å². The average Bonchev–Trinajstić information content (AvgIpc) is 2.37. The molecule has 0 bridgehead atoms. The van der Waals surface area contributed by atoms with Crippen LogP contribution in [0.25, 0.3) is 0 Å². The normalized spacial score (nSPS) is 18.0. The maximum absolute atomic E-state index is 12.0. The van der Waals surface area contributed by atoms with Crippen LogP contribution in [0, 0.1) is 0 Å². The Hall–Kier alpha value is -1.34. The molecule has 7 nitrogen and oxygen atoms in total. The van der Waals surface area contributed by atoms with Gasteiger partial charge in [-0.05, 0) is 27.7 Å². The molecule has 0 aromatic rings. The maximum atomic E-state index is 12.0. The second-order valence-corrected chi connectivity index (χ2v) is 6.67. The third-order valence-electron chi connectivity index (χ3n) is 3.22. The molecule has 7 heteroatoms. The molecule has 0 saturated carbocycles. The lowest BCUT2D eigenvalue weighted by Crippen LogP contribution is -2.52. The molecule has 0 aromatic heterocycles. The van der Waals surface area contributed by atoms with Gasteiger partial charge in [0, 0.05) is 39.3 Å². The van der Waals surface area contributed by atoms with Gasteiger partial charge in [0.25, 0.3) is 0 Å². The van der Waals surface area contributed by atoms with E-state index in [0.717, 1.165) is 0 Å². The topological polar surface area (TPSA) is 71.1 Å². The quantitative estimate of drug-likeness (QED) is 0.808. The first-order chi connectivity index (χ1) is 10.2. The molecule has 1 heterocycles. The molecule has 0 spiro atoms. The van der Waals surface area contributed by atoms with Crippen LogP contribution in [0.2, 0.25) is 0 Å². The van der Waals surface area contributed by atoms with E-state index in [0.29, 0.717) is 39.3 Å². The van der Waals surface area contributed by atoms with E-state index in [9.17, 15) is 9.59 Å². The summed E-state index contributed by atoms with van der Waals surface area (Å²) in [5.41, 5.74) is -0.481. The monoisotopic (exact) mass is 315 g/mol. The number of nitrogens with one attached hydrogen (secondary N) is 1. The van der Waals surface area contributed by atoms with Crippen LogP contribution in [-0.4, -0.2) is 79.9 Å². The van der Waals surface area contributed by atoms with Crippen molar-refractivity contribution in [3.05, 3.63) is 0 Å². The summed E-state index contributed by atoms with van der Waals surface area (Å²) in [6.07, 6.45) is -0.287. The lowest BCUT2D eigenvalue weighted by molar-refractivity contribution is -0.123. The van der Waals surface area contributed by atoms with Gasteiger partial charge in [0.1, 0.15) is 5.60 Å². The summed E-state index contributed by atoms with van der Waals surface area (Å²) in [4.78, 5) is 27.6. The number of nitrogens with zero attached hydrogens (tertiary/aromatic N) is 2. The molecule has 0 aliphatic carbocycles. The first-order valence-electron chi connectivity index (χ1n) is 7.70. The Morgan fingerprint density at radius 2 is 1.77 bits per heavy atom. The molecule has 2 amide bonds. The van der Waals surface area contributed by atoms with Crippen molar-refractivity contribution < 1.29 is 19.1 Å². The van der Waals surface area contributed by atoms with Crippen LogP contribution in [0.3, 0.4) is 0 Å². The summed E-state index contributed by atoms with van der Waals surface area (Å²) < 4.78 is 10.3. The van der Waals surface area contributed by atoms with E-state index in [1.54, 1.807) is 12.0 Å². The number of rotatable bonds is 5. The summed E-state index contributed by atoms with van der Waals surface area (Å²) >= 11 is 0. The number of carbonyl (C=O) groups excluding carboxylic acids is 2. The minimum Gasteiger partial charge on any atom is -0.444 e. The first kappa shape index (κ1) is 18.7. The molecule has 1 unspecified atom stereocenters. The van der Waals surface area contributed by atoms with Crippen molar-refractivity contribution in [2.45, 2.75) is 39.3 Å². The summed E-state index contributed by atoms with van der Waals surface area (Å²) in [5, 5.41) is 2.88. The van der Waals surface area contributed by atoms with Crippen LogP contribution >= 0.6 is 0 Å². The van der Waals surface area contributed by atoms with Crippen molar-refractivity contribution in [1.82, 2.24) is 15.1 Å². The predicted octanol–water partition coefficient (Wildman–Crippen LogP) is 0.690. The predicted molar refractivity (Wildman–Crippen MR) is 83.7 cm³/mol. The van der Waals surface area contributed by atoms with E-state index < -0.39 is 5.60 Å². The Morgan fingerprint density at radius 1 is 1.18 bits per heavy atom.